The van der Waals surface area contributed by atoms with Crippen LogP contribution in [0.25, 0.3) is 16.8 Å². The molecule has 1 heterocycles. The lowest BCUT2D eigenvalue weighted by molar-refractivity contribution is -0.136. The molecule has 0 fully saturated rings. The molecule has 1 aliphatic heterocycles. The van der Waals surface area contributed by atoms with Crippen LogP contribution in [0.4, 0.5) is 5.69 Å². The number of rotatable bonds is 3. The SMILES string of the molecule is COC(=O)C1=C(C)N(c2cccc3ccccc23)C(=O)/C1=C\c1ccccc1. The van der Waals surface area contributed by atoms with E-state index in [2.05, 4.69) is 0 Å². The number of allylic oxidation sites excluding steroid dienone is 1. The molecule has 3 aromatic carbocycles. The molecule has 4 heteroatoms. The number of carbonyl (C=O) groups excluding carboxylic acids is 2. The van der Waals surface area contributed by atoms with Gasteiger partial charge in [0.2, 0.25) is 0 Å². The molecule has 0 aromatic heterocycles. The van der Waals surface area contributed by atoms with Gasteiger partial charge in [-0.25, -0.2) is 4.79 Å². The van der Waals surface area contributed by atoms with Gasteiger partial charge in [0, 0.05) is 11.1 Å². The molecule has 0 radical (unpaired) electrons. The summed E-state index contributed by atoms with van der Waals surface area (Å²) in [6, 6.07) is 23.2. The molecule has 1 aliphatic rings. The fourth-order valence-electron chi connectivity index (χ4n) is 3.59. The van der Waals surface area contributed by atoms with E-state index < -0.39 is 5.97 Å². The first kappa shape index (κ1) is 17.7. The second-order valence-electron chi connectivity index (χ2n) is 6.56. The summed E-state index contributed by atoms with van der Waals surface area (Å²) >= 11 is 0. The molecular formula is C24H19NO3. The predicted molar refractivity (Wildman–Crippen MR) is 111 cm³/mol. The maximum absolute atomic E-state index is 13.4. The highest BCUT2D eigenvalue weighted by atomic mass is 16.5. The van der Waals surface area contributed by atoms with E-state index in [1.807, 2.05) is 72.8 Å². The Bertz CT molecular complexity index is 1140. The van der Waals surface area contributed by atoms with Gasteiger partial charge >= 0.3 is 5.97 Å². The van der Waals surface area contributed by atoms with Crippen LogP contribution in [-0.2, 0) is 14.3 Å². The Morgan fingerprint density at radius 3 is 2.36 bits per heavy atom. The lowest BCUT2D eigenvalue weighted by Crippen LogP contribution is -2.24. The second kappa shape index (κ2) is 7.16. The van der Waals surface area contributed by atoms with Crippen molar-refractivity contribution in [3.8, 4) is 0 Å². The van der Waals surface area contributed by atoms with E-state index in [1.165, 1.54) is 7.11 Å². The van der Waals surface area contributed by atoms with Crippen molar-refractivity contribution in [2.75, 3.05) is 12.0 Å². The van der Waals surface area contributed by atoms with Gasteiger partial charge < -0.3 is 4.74 Å². The number of carbonyl (C=O) groups is 2. The summed E-state index contributed by atoms with van der Waals surface area (Å²) in [5, 5.41) is 1.98. The molecule has 0 saturated carbocycles. The highest BCUT2D eigenvalue weighted by Gasteiger charge is 2.38. The normalized spacial score (nSPS) is 15.6. The van der Waals surface area contributed by atoms with Crippen LogP contribution in [0.1, 0.15) is 12.5 Å². The summed E-state index contributed by atoms with van der Waals surface area (Å²) in [7, 11) is 1.33. The smallest absolute Gasteiger partial charge is 0.340 e. The topological polar surface area (TPSA) is 46.6 Å². The molecule has 0 unspecified atom stereocenters. The Morgan fingerprint density at radius 1 is 0.929 bits per heavy atom. The van der Waals surface area contributed by atoms with E-state index in [1.54, 1.807) is 17.9 Å². The third-order valence-corrected chi connectivity index (χ3v) is 4.91. The number of ether oxygens (including phenoxy) is 1. The van der Waals surface area contributed by atoms with Crippen LogP contribution in [0.2, 0.25) is 0 Å². The van der Waals surface area contributed by atoms with Crippen molar-refractivity contribution in [2.45, 2.75) is 6.92 Å². The van der Waals surface area contributed by atoms with Gasteiger partial charge in [0.25, 0.3) is 5.91 Å². The number of fused-ring (bicyclic) bond motifs is 1. The van der Waals surface area contributed by atoms with Gasteiger partial charge in [-0.1, -0.05) is 66.7 Å². The maximum Gasteiger partial charge on any atom is 0.340 e. The van der Waals surface area contributed by atoms with Crippen LogP contribution in [0.3, 0.4) is 0 Å². The standard InChI is InChI=1S/C24H19NO3/c1-16-22(24(27)28-2)20(15-17-9-4-3-5-10-17)23(26)25(16)21-14-8-12-18-11-6-7-13-19(18)21/h3-15H,1-2H3/b20-15-. The van der Waals surface area contributed by atoms with Crippen molar-refractivity contribution in [3.63, 3.8) is 0 Å². The van der Waals surface area contributed by atoms with Crippen LogP contribution < -0.4 is 4.90 Å². The molecule has 1 amide bonds. The van der Waals surface area contributed by atoms with Gasteiger partial charge in [0.15, 0.2) is 0 Å². The molecule has 0 N–H and O–H groups in total. The monoisotopic (exact) mass is 369 g/mol. The summed E-state index contributed by atoms with van der Waals surface area (Å²) in [5.41, 5.74) is 2.79. The minimum Gasteiger partial charge on any atom is -0.465 e. The van der Waals surface area contributed by atoms with E-state index in [0.717, 1.165) is 22.0 Å². The van der Waals surface area contributed by atoms with E-state index in [4.69, 9.17) is 4.74 Å². The third-order valence-electron chi connectivity index (χ3n) is 4.91. The van der Waals surface area contributed by atoms with E-state index in [0.29, 0.717) is 16.8 Å². The lowest BCUT2D eigenvalue weighted by atomic mass is 10.0. The zero-order chi connectivity index (χ0) is 19.7. The maximum atomic E-state index is 13.4. The number of nitrogens with zero attached hydrogens (tertiary/aromatic N) is 1. The van der Waals surface area contributed by atoms with Gasteiger partial charge in [-0.3, -0.25) is 9.69 Å². The van der Waals surface area contributed by atoms with E-state index >= 15 is 0 Å². The van der Waals surface area contributed by atoms with Crippen molar-refractivity contribution in [1.29, 1.82) is 0 Å². The summed E-state index contributed by atoms with van der Waals surface area (Å²) < 4.78 is 4.98. The number of anilines is 1. The Hall–Kier alpha value is -3.66. The van der Waals surface area contributed by atoms with Crippen molar-refractivity contribution < 1.29 is 14.3 Å². The largest absolute Gasteiger partial charge is 0.465 e. The summed E-state index contributed by atoms with van der Waals surface area (Å²) in [4.78, 5) is 27.5. The highest BCUT2D eigenvalue weighted by molar-refractivity contribution is 6.25. The van der Waals surface area contributed by atoms with Crippen LogP contribution in [0.15, 0.2) is 89.6 Å². The summed E-state index contributed by atoms with van der Waals surface area (Å²) in [6.07, 6.45) is 1.74. The van der Waals surface area contributed by atoms with Crippen molar-refractivity contribution in [3.05, 3.63) is 95.2 Å². The Balaban J connectivity index is 1.92. The second-order valence-corrected chi connectivity index (χ2v) is 6.56. The molecule has 28 heavy (non-hydrogen) atoms. The van der Waals surface area contributed by atoms with Gasteiger partial charge in [0.1, 0.15) is 0 Å². The number of amides is 1. The van der Waals surface area contributed by atoms with Crippen molar-refractivity contribution in [1.82, 2.24) is 0 Å². The number of methoxy groups -OCH3 is 1. The minimum absolute atomic E-state index is 0.238. The van der Waals surface area contributed by atoms with Crippen LogP contribution in [0, 0.1) is 0 Å². The molecule has 0 aliphatic carbocycles. The fraction of sp³-hybridized carbons (Fsp3) is 0.0833. The predicted octanol–water partition coefficient (Wildman–Crippen LogP) is 4.72. The van der Waals surface area contributed by atoms with Gasteiger partial charge in [-0.15, -0.1) is 0 Å². The van der Waals surface area contributed by atoms with Crippen molar-refractivity contribution >= 4 is 34.4 Å². The molecule has 3 aromatic rings. The van der Waals surface area contributed by atoms with E-state index in [9.17, 15) is 9.59 Å². The summed E-state index contributed by atoms with van der Waals surface area (Å²) in [6.45, 7) is 1.78. The Kier molecular flexibility index (Phi) is 4.53. The molecule has 0 saturated heterocycles. The molecule has 4 nitrogen and oxygen atoms in total. The zero-order valence-corrected chi connectivity index (χ0v) is 15.7. The molecule has 0 spiro atoms. The van der Waals surface area contributed by atoms with Crippen LogP contribution >= 0.6 is 0 Å². The fourth-order valence-corrected chi connectivity index (χ4v) is 3.59. The van der Waals surface area contributed by atoms with Crippen molar-refractivity contribution in [2.24, 2.45) is 0 Å². The van der Waals surface area contributed by atoms with Gasteiger partial charge in [-0.05, 0) is 30.0 Å². The first-order chi connectivity index (χ1) is 13.6. The minimum atomic E-state index is -0.518. The number of benzene rings is 3. The average molecular weight is 369 g/mol. The Morgan fingerprint density at radius 2 is 1.61 bits per heavy atom. The van der Waals surface area contributed by atoms with E-state index in [-0.39, 0.29) is 5.91 Å². The van der Waals surface area contributed by atoms with Crippen LogP contribution in [0.5, 0.6) is 0 Å². The number of esters is 1. The Labute approximate surface area is 163 Å². The quantitative estimate of drug-likeness (QED) is 0.496. The molecule has 4 rings (SSSR count). The van der Waals surface area contributed by atoms with Crippen LogP contribution in [-0.4, -0.2) is 19.0 Å². The average Bonchev–Trinajstić information content (AvgIpc) is 2.97. The number of hydrogen-bond acceptors (Lipinski definition) is 3. The highest BCUT2D eigenvalue weighted by Crippen LogP contribution is 2.38. The lowest BCUT2D eigenvalue weighted by Gasteiger charge is -2.20. The number of hydrogen-bond donors (Lipinski definition) is 0. The first-order valence-corrected chi connectivity index (χ1v) is 9.00. The summed E-state index contributed by atoms with van der Waals surface area (Å²) in [5.74, 6) is -0.756. The molecule has 0 atom stereocenters. The molecule has 0 bridgehead atoms. The zero-order valence-electron chi connectivity index (χ0n) is 15.7. The third kappa shape index (κ3) is 2.89. The van der Waals surface area contributed by atoms with Gasteiger partial charge in [0.05, 0.1) is 23.9 Å². The molecular weight excluding hydrogens is 350 g/mol. The van der Waals surface area contributed by atoms with Gasteiger partial charge in [-0.2, -0.15) is 0 Å². The molecule has 138 valence electrons. The first-order valence-electron chi connectivity index (χ1n) is 9.00.